The van der Waals surface area contributed by atoms with Crippen molar-refractivity contribution in [3.8, 4) is 11.3 Å². The Morgan fingerprint density at radius 2 is 1.77 bits per heavy atom. The molecule has 2 aromatic carbocycles. The van der Waals surface area contributed by atoms with E-state index in [-0.39, 0.29) is 28.3 Å². The minimum atomic E-state index is -3.29. The topological polar surface area (TPSA) is 102 Å². The summed E-state index contributed by atoms with van der Waals surface area (Å²) in [6.07, 6.45) is 0.557. The van der Waals surface area contributed by atoms with Crippen molar-refractivity contribution in [1.82, 2.24) is 15.4 Å². The first-order valence-corrected chi connectivity index (χ1v) is 13.5. The molecule has 1 N–H and O–H groups in total. The third-order valence-electron chi connectivity index (χ3n) is 6.12. The van der Waals surface area contributed by atoms with E-state index >= 15 is 0 Å². The van der Waals surface area contributed by atoms with Gasteiger partial charge in [0.25, 0.3) is 5.91 Å². The van der Waals surface area contributed by atoms with Gasteiger partial charge < -0.3 is 14.6 Å². The minimum Gasteiger partial charge on any atom is -0.379 e. The number of aryl methyl sites for hydroxylation is 1. The van der Waals surface area contributed by atoms with E-state index < -0.39 is 9.84 Å². The summed E-state index contributed by atoms with van der Waals surface area (Å²) < 4.78 is 35.3. The lowest BCUT2D eigenvalue weighted by Gasteiger charge is -2.35. The SMILES string of the molecule is CCCS(=O)(=O)c1ccc(-c2cc(C(=O)NCC(c3ccc(C)cc3)N3CCOCC3)no2)cc1. The second-order valence-electron chi connectivity index (χ2n) is 8.70. The third kappa shape index (κ3) is 6.17. The Kier molecular flexibility index (Phi) is 8.00. The van der Waals surface area contributed by atoms with Crippen LogP contribution in [0, 0.1) is 6.92 Å². The molecule has 9 heteroatoms. The lowest BCUT2D eigenvalue weighted by molar-refractivity contribution is 0.0162. The molecule has 1 aromatic heterocycles. The van der Waals surface area contributed by atoms with Crippen LogP contribution in [-0.4, -0.2) is 63.0 Å². The number of rotatable bonds is 9. The molecule has 3 aromatic rings. The number of hydrogen-bond acceptors (Lipinski definition) is 7. The maximum Gasteiger partial charge on any atom is 0.273 e. The number of carbonyl (C=O) groups is 1. The molecule has 1 fully saturated rings. The van der Waals surface area contributed by atoms with Gasteiger partial charge in [0.1, 0.15) is 0 Å². The van der Waals surface area contributed by atoms with Crippen molar-refractivity contribution in [3.63, 3.8) is 0 Å². The average Bonchev–Trinajstić information content (AvgIpc) is 3.36. The molecule has 1 atom stereocenters. The fourth-order valence-corrected chi connectivity index (χ4v) is 5.47. The Morgan fingerprint density at radius 1 is 1.09 bits per heavy atom. The molecule has 4 rings (SSSR count). The first-order valence-electron chi connectivity index (χ1n) is 11.8. The van der Waals surface area contributed by atoms with Crippen molar-refractivity contribution >= 4 is 15.7 Å². The number of nitrogens with zero attached hydrogens (tertiary/aromatic N) is 2. The molecule has 0 radical (unpaired) electrons. The van der Waals surface area contributed by atoms with E-state index in [1.807, 2.05) is 6.92 Å². The molecular weight excluding hydrogens is 466 g/mol. The highest BCUT2D eigenvalue weighted by atomic mass is 32.2. The maximum atomic E-state index is 12.9. The van der Waals surface area contributed by atoms with Gasteiger partial charge in [0.15, 0.2) is 21.3 Å². The van der Waals surface area contributed by atoms with Crippen LogP contribution in [0.25, 0.3) is 11.3 Å². The smallest absolute Gasteiger partial charge is 0.273 e. The maximum absolute atomic E-state index is 12.9. The number of aromatic nitrogens is 1. The third-order valence-corrected chi connectivity index (χ3v) is 8.05. The first kappa shape index (κ1) is 25.1. The van der Waals surface area contributed by atoms with Crippen LogP contribution in [0.2, 0.25) is 0 Å². The van der Waals surface area contributed by atoms with Crippen LogP contribution in [0.1, 0.15) is 41.0 Å². The Bertz CT molecular complexity index is 1230. The molecule has 2 heterocycles. The van der Waals surface area contributed by atoms with Gasteiger partial charge in [-0.25, -0.2) is 8.42 Å². The van der Waals surface area contributed by atoms with Gasteiger partial charge in [-0.15, -0.1) is 0 Å². The highest BCUT2D eigenvalue weighted by Gasteiger charge is 2.24. The van der Waals surface area contributed by atoms with Crippen molar-refractivity contribution in [3.05, 3.63) is 71.4 Å². The van der Waals surface area contributed by atoms with Crippen LogP contribution in [0.4, 0.5) is 0 Å². The normalized spacial score (nSPS) is 15.6. The van der Waals surface area contributed by atoms with Gasteiger partial charge in [0, 0.05) is 31.3 Å². The van der Waals surface area contributed by atoms with Crippen molar-refractivity contribution < 1.29 is 22.5 Å². The number of amides is 1. The van der Waals surface area contributed by atoms with Crippen molar-refractivity contribution in [2.24, 2.45) is 0 Å². The number of nitrogens with one attached hydrogen (secondary N) is 1. The zero-order chi connectivity index (χ0) is 24.8. The van der Waals surface area contributed by atoms with Crippen LogP contribution in [-0.2, 0) is 14.6 Å². The van der Waals surface area contributed by atoms with Gasteiger partial charge in [0.05, 0.1) is 29.9 Å². The van der Waals surface area contributed by atoms with E-state index in [0.717, 1.165) is 18.7 Å². The molecule has 0 spiro atoms. The van der Waals surface area contributed by atoms with E-state index in [0.29, 0.717) is 37.5 Å². The fraction of sp³-hybridized carbons (Fsp3) is 0.385. The average molecular weight is 498 g/mol. The summed E-state index contributed by atoms with van der Waals surface area (Å²) in [6, 6.07) is 16.4. The molecule has 186 valence electrons. The molecule has 0 aliphatic carbocycles. The summed E-state index contributed by atoms with van der Waals surface area (Å²) in [5.41, 5.74) is 3.14. The van der Waals surface area contributed by atoms with Crippen LogP contribution in [0.3, 0.4) is 0 Å². The van der Waals surface area contributed by atoms with Crippen LogP contribution >= 0.6 is 0 Å². The Balaban J connectivity index is 1.44. The molecule has 1 amide bonds. The lowest BCUT2D eigenvalue weighted by Crippen LogP contribution is -2.43. The van der Waals surface area contributed by atoms with Crippen molar-refractivity contribution in [1.29, 1.82) is 0 Å². The molecule has 1 aliphatic rings. The number of morpholine rings is 1. The van der Waals surface area contributed by atoms with Gasteiger partial charge in [-0.2, -0.15) is 0 Å². The number of carbonyl (C=O) groups excluding carboxylic acids is 1. The van der Waals surface area contributed by atoms with Crippen LogP contribution in [0.15, 0.2) is 64.0 Å². The second-order valence-corrected chi connectivity index (χ2v) is 10.8. The predicted molar refractivity (Wildman–Crippen MR) is 133 cm³/mol. The van der Waals surface area contributed by atoms with E-state index in [2.05, 4.69) is 46.6 Å². The summed E-state index contributed by atoms with van der Waals surface area (Å²) in [6.45, 7) is 7.24. The van der Waals surface area contributed by atoms with Crippen molar-refractivity contribution in [2.75, 3.05) is 38.6 Å². The van der Waals surface area contributed by atoms with Gasteiger partial charge in [-0.3, -0.25) is 9.69 Å². The van der Waals surface area contributed by atoms with Gasteiger partial charge in [-0.1, -0.05) is 41.9 Å². The van der Waals surface area contributed by atoms with E-state index in [1.54, 1.807) is 30.3 Å². The standard InChI is InChI=1S/C26H31N3O5S/c1-3-16-35(31,32)22-10-8-21(9-11-22)25-17-23(28-34-25)26(30)27-18-24(29-12-14-33-15-13-29)20-6-4-19(2)5-7-20/h4-11,17,24H,3,12-16,18H2,1-2H3,(H,27,30). The zero-order valence-electron chi connectivity index (χ0n) is 20.1. The number of hydrogen-bond donors (Lipinski definition) is 1. The predicted octanol–water partition coefficient (Wildman–Crippen LogP) is 3.64. The summed E-state index contributed by atoms with van der Waals surface area (Å²) in [5, 5.41) is 6.92. The Hall–Kier alpha value is -3.01. The fourth-order valence-electron chi connectivity index (χ4n) is 4.15. The summed E-state index contributed by atoms with van der Waals surface area (Å²) in [4.78, 5) is 15.4. The van der Waals surface area contributed by atoms with E-state index in [4.69, 9.17) is 9.26 Å². The summed E-state index contributed by atoms with van der Waals surface area (Å²) in [7, 11) is -3.29. The lowest BCUT2D eigenvalue weighted by atomic mass is 10.0. The quantitative estimate of drug-likeness (QED) is 0.482. The van der Waals surface area contributed by atoms with Gasteiger partial charge >= 0.3 is 0 Å². The Morgan fingerprint density at radius 3 is 2.43 bits per heavy atom. The molecule has 1 unspecified atom stereocenters. The first-order chi connectivity index (χ1) is 16.9. The second kappa shape index (κ2) is 11.2. The van der Waals surface area contributed by atoms with Crippen LogP contribution < -0.4 is 5.32 Å². The summed E-state index contributed by atoms with van der Waals surface area (Å²) in [5.74, 6) is 0.179. The Labute approximate surface area is 206 Å². The van der Waals surface area contributed by atoms with Gasteiger partial charge in [0.2, 0.25) is 0 Å². The molecule has 0 saturated carbocycles. The molecule has 1 saturated heterocycles. The van der Waals surface area contributed by atoms with Gasteiger partial charge in [-0.05, 0) is 43.2 Å². The monoisotopic (exact) mass is 497 g/mol. The van der Waals surface area contributed by atoms with Crippen molar-refractivity contribution in [2.45, 2.75) is 31.2 Å². The largest absolute Gasteiger partial charge is 0.379 e. The van der Waals surface area contributed by atoms with Crippen LogP contribution in [0.5, 0.6) is 0 Å². The molecule has 35 heavy (non-hydrogen) atoms. The minimum absolute atomic E-state index is 0.0208. The zero-order valence-corrected chi connectivity index (χ0v) is 20.9. The highest BCUT2D eigenvalue weighted by Crippen LogP contribution is 2.24. The molecular formula is C26H31N3O5S. The number of sulfone groups is 1. The number of benzene rings is 2. The van der Waals surface area contributed by atoms with E-state index in [1.165, 1.54) is 5.56 Å². The summed E-state index contributed by atoms with van der Waals surface area (Å²) >= 11 is 0. The highest BCUT2D eigenvalue weighted by molar-refractivity contribution is 7.91. The molecule has 1 aliphatic heterocycles. The molecule has 8 nitrogen and oxygen atoms in total. The number of ether oxygens (including phenoxy) is 1. The molecule has 0 bridgehead atoms. The van der Waals surface area contributed by atoms with E-state index in [9.17, 15) is 13.2 Å².